The van der Waals surface area contributed by atoms with Crippen LogP contribution in [0.25, 0.3) is 0 Å². The Morgan fingerprint density at radius 3 is 1.29 bits per heavy atom. The molecule has 0 amide bonds. The van der Waals surface area contributed by atoms with E-state index in [2.05, 4.69) is 0 Å². The fraction of sp³-hybridized carbons (Fsp3) is 0.684. The van der Waals surface area contributed by atoms with Gasteiger partial charge in [0.15, 0.2) is 24.4 Å². The lowest BCUT2D eigenvalue weighted by molar-refractivity contribution is -0.493. The molecule has 0 aliphatic heterocycles. The van der Waals surface area contributed by atoms with Crippen molar-refractivity contribution >= 4 is 35.8 Å². The summed E-state index contributed by atoms with van der Waals surface area (Å²) in [5, 5.41) is 11.2. The van der Waals surface area contributed by atoms with Crippen molar-refractivity contribution in [3.63, 3.8) is 0 Å². The summed E-state index contributed by atoms with van der Waals surface area (Å²) in [4.78, 5) is 80.3. The van der Waals surface area contributed by atoms with Gasteiger partial charge in [-0.25, -0.2) is 0 Å². The summed E-state index contributed by atoms with van der Waals surface area (Å²) in [7, 11) is 0. The molecule has 34 heavy (non-hydrogen) atoms. The molecular weight excluding hydrogens is 466 g/mol. The van der Waals surface area contributed by atoms with Crippen molar-refractivity contribution in [2.45, 2.75) is 72.1 Å². The third-order valence-electron chi connectivity index (χ3n) is 3.70. The van der Waals surface area contributed by atoms with Gasteiger partial charge in [0.25, 0.3) is 0 Å². The number of hydrogen-bond acceptors (Lipinski definition) is 14. The Morgan fingerprint density at radius 2 is 0.941 bits per heavy atom. The lowest BCUT2D eigenvalue weighted by Gasteiger charge is -2.36. The van der Waals surface area contributed by atoms with E-state index in [9.17, 15) is 38.9 Å². The molecular formula is C19H27NO14. The molecule has 5 atom stereocenters. The van der Waals surface area contributed by atoms with E-state index in [1.807, 2.05) is 0 Å². The smallest absolute Gasteiger partial charge is 0.303 e. The van der Waals surface area contributed by atoms with Crippen LogP contribution in [-0.2, 0) is 57.2 Å². The molecule has 0 aromatic heterocycles. The minimum atomic E-state index is -1.91. The summed E-state index contributed by atoms with van der Waals surface area (Å²) < 4.78 is 30.2. The van der Waals surface area contributed by atoms with Crippen molar-refractivity contribution in [2.24, 2.45) is 0 Å². The minimum absolute atomic E-state index is 0.703. The van der Waals surface area contributed by atoms with Crippen LogP contribution in [0.4, 0.5) is 0 Å². The second-order valence-electron chi connectivity index (χ2n) is 6.84. The van der Waals surface area contributed by atoms with Gasteiger partial charge in [-0.1, -0.05) is 0 Å². The SMILES string of the molecule is CC(=O)OC[C@@H](OC(C)=O)[C@H](OC(C)=O)[C@H](OC(C)=O)[C@H](OC(C)=O)[C@H](C[N+](=O)[O-])OC(C)=O. The minimum Gasteiger partial charge on any atom is -0.462 e. The Hall–Kier alpha value is -3.78. The van der Waals surface area contributed by atoms with Crippen molar-refractivity contribution in [1.82, 2.24) is 0 Å². The molecule has 0 aliphatic carbocycles. The third kappa shape index (κ3) is 12.3. The van der Waals surface area contributed by atoms with Crippen molar-refractivity contribution in [1.29, 1.82) is 0 Å². The molecule has 192 valence electrons. The van der Waals surface area contributed by atoms with E-state index in [1.54, 1.807) is 0 Å². The average Bonchev–Trinajstić information content (AvgIpc) is 2.64. The highest BCUT2D eigenvalue weighted by atomic mass is 16.7. The number of carbonyl (C=O) groups is 6. The van der Waals surface area contributed by atoms with Crippen LogP contribution < -0.4 is 0 Å². The van der Waals surface area contributed by atoms with Gasteiger partial charge in [0.05, 0.1) is 0 Å². The van der Waals surface area contributed by atoms with E-state index >= 15 is 0 Å². The highest BCUT2D eigenvalue weighted by Crippen LogP contribution is 2.23. The van der Waals surface area contributed by atoms with Crippen molar-refractivity contribution in [3.8, 4) is 0 Å². The Morgan fingerprint density at radius 1 is 0.588 bits per heavy atom. The second-order valence-corrected chi connectivity index (χ2v) is 6.84. The lowest BCUT2D eigenvalue weighted by Crippen LogP contribution is -2.57. The van der Waals surface area contributed by atoms with Crippen LogP contribution in [0.3, 0.4) is 0 Å². The molecule has 0 saturated heterocycles. The molecule has 15 heteroatoms. The molecule has 15 nitrogen and oxygen atoms in total. The van der Waals surface area contributed by atoms with Gasteiger partial charge >= 0.3 is 35.8 Å². The Kier molecular flexibility index (Phi) is 12.8. The molecule has 0 aliphatic rings. The molecule has 0 rings (SSSR count). The molecule has 0 saturated carbocycles. The van der Waals surface area contributed by atoms with Gasteiger partial charge in [-0.3, -0.25) is 38.9 Å². The zero-order valence-corrected chi connectivity index (χ0v) is 19.5. The van der Waals surface area contributed by atoms with Gasteiger partial charge in [0.1, 0.15) is 6.61 Å². The van der Waals surface area contributed by atoms with E-state index in [0.717, 1.165) is 41.5 Å². The Labute approximate surface area is 194 Å². The summed E-state index contributed by atoms with van der Waals surface area (Å²) in [5.41, 5.74) is 0. The third-order valence-corrected chi connectivity index (χ3v) is 3.70. The summed E-state index contributed by atoms with van der Waals surface area (Å²) in [6.07, 6.45) is -9.09. The number of esters is 6. The average molecular weight is 493 g/mol. The van der Waals surface area contributed by atoms with Crippen molar-refractivity contribution in [3.05, 3.63) is 10.1 Å². The van der Waals surface area contributed by atoms with Crippen LogP contribution in [0.2, 0.25) is 0 Å². The van der Waals surface area contributed by atoms with E-state index in [1.165, 1.54) is 0 Å². The van der Waals surface area contributed by atoms with Gasteiger partial charge in [-0.2, -0.15) is 0 Å². The van der Waals surface area contributed by atoms with Crippen LogP contribution in [-0.4, -0.2) is 84.4 Å². The summed E-state index contributed by atoms with van der Waals surface area (Å²) in [6, 6.07) is 0. The molecule has 0 bridgehead atoms. The van der Waals surface area contributed by atoms with Gasteiger partial charge < -0.3 is 28.4 Å². The molecule has 0 N–H and O–H groups in total. The quantitative estimate of drug-likeness (QED) is 0.137. The van der Waals surface area contributed by atoms with Crippen LogP contribution >= 0.6 is 0 Å². The first kappa shape index (κ1) is 30.2. The molecule has 0 radical (unpaired) electrons. The number of nitro groups is 1. The summed E-state index contributed by atoms with van der Waals surface area (Å²) in [5.74, 6) is -5.82. The zero-order valence-electron chi connectivity index (χ0n) is 19.5. The van der Waals surface area contributed by atoms with Crippen LogP contribution in [0.15, 0.2) is 0 Å². The number of carbonyl (C=O) groups excluding carboxylic acids is 6. The van der Waals surface area contributed by atoms with Crippen LogP contribution in [0, 0.1) is 10.1 Å². The largest absolute Gasteiger partial charge is 0.462 e. The predicted molar refractivity (Wildman–Crippen MR) is 106 cm³/mol. The maximum atomic E-state index is 11.9. The van der Waals surface area contributed by atoms with E-state index in [4.69, 9.17) is 28.4 Å². The van der Waals surface area contributed by atoms with E-state index < -0.39 is 84.4 Å². The maximum absolute atomic E-state index is 11.9. The molecule has 0 aromatic carbocycles. The predicted octanol–water partition coefficient (Wildman–Crippen LogP) is -0.515. The lowest BCUT2D eigenvalue weighted by atomic mass is 9.97. The number of ether oxygens (including phenoxy) is 6. The summed E-state index contributed by atoms with van der Waals surface area (Å²) in [6.45, 7) is 3.90. The Bertz CT molecular complexity index is 778. The standard InChI is InChI=1S/C19H27NO14/c1-9(21)29-8-16(31-11(3)23)18(33-13(5)25)19(34-14(6)26)17(32-12(4)24)15(7-20(27)28)30-10(2)22/h15-19H,7-8H2,1-6H3/t15-,16+,17+,18-,19+/m0/s1. The second kappa shape index (κ2) is 14.4. The molecule has 0 aromatic rings. The van der Waals surface area contributed by atoms with Crippen LogP contribution in [0.5, 0.6) is 0 Å². The van der Waals surface area contributed by atoms with Gasteiger partial charge in [0, 0.05) is 46.5 Å². The fourth-order valence-electron chi connectivity index (χ4n) is 2.78. The molecule has 0 unspecified atom stereocenters. The highest BCUT2D eigenvalue weighted by Gasteiger charge is 2.49. The van der Waals surface area contributed by atoms with Gasteiger partial charge in [-0.05, 0) is 0 Å². The first-order valence-corrected chi connectivity index (χ1v) is 9.75. The molecule has 0 fully saturated rings. The van der Waals surface area contributed by atoms with Crippen molar-refractivity contribution in [2.75, 3.05) is 13.2 Å². The highest BCUT2D eigenvalue weighted by molar-refractivity contribution is 5.70. The van der Waals surface area contributed by atoms with E-state index in [0.29, 0.717) is 0 Å². The topological polar surface area (TPSA) is 201 Å². The van der Waals surface area contributed by atoms with E-state index in [-0.39, 0.29) is 0 Å². The monoisotopic (exact) mass is 493 g/mol. The van der Waals surface area contributed by atoms with Crippen molar-refractivity contribution < 1.29 is 62.1 Å². The first-order valence-electron chi connectivity index (χ1n) is 9.75. The summed E-state index contributed by atoms with van der Waals surface area (Å²) >= 11 is 0. The number of nitrogens with zero attached hydrogens (tertiary/aromatic N) is 1. The molecule has 0 spiro atoms. The Balaban J connectivity index is 6.76. The fourth-order valence-corrected chi connectivity index (χ4v) is 2.78. The number of hydrogen-bond donors (Lipinski definition) is 0. The maximum Gasteiger partial charge on any atom is 0.303 e. The zero-order chi connectivity index (χ0) is 26.6. The van der Waals surface area contributed by atoms with Gasteiger partial charge in [-0.15, -0.1) is 0 Å². The molecule has 0 heterocycles. The first-order chi connectivity index (χ1) is 15.6. The van der Waals surface area contributed by atoms with Gasteiger partial charge in [0.2, 0.25) is 12.6 Å². The normalized spacial score (nSPS) is 14.8. The van der Waals surface area contributed by atoms with Crippen LogP contribution in [0.1, 0.15) is 41.5 Å². The number of rotatable bonds is 13.